The van der Waals surface area contributed by atoms with Gasteiger partial charge >= 0.3 is 0 Å². The number of amides is 1. The van der Waals surface area contributed by atoms with Crippen LogP contribution in [-0.2, 0) is 6.54 Å². The van der Waals surface area contributed by atoms with Crippen molar-refractivity contribution in [1.29, 1.82) is 0 Å². The standard InChI is InChI=1S/C20H20N4O3/c25-18(15-5-9-21-10-6-15)23-11-7-20(27,8-12-23)13-24-14-22-17-4-2-1-3-16(17)19(24)26/h1-6,9-10,14,27H,7-8,11-13H2. The molecule has 1 N–H and O–H groups in total. The first-order chi connectivity index (χ1) is 13.1. The average Bonchev–Trinajstić information content (AvgIpc) is 2.71. The fourth-order valence-corrected chi connectivity index (χ4v) is 3.50. The Morgan fingerprint density at radius 2 is 1.81 bits per heavy atom. The molecular formula is C20H20N4O3. The van der Waals surface area contributed by atoms with Gasteiger partial charge in [-0.1, -0.05) is 12.1 Å². The van der Waals surface area contributed by atoms with E-state index in [1.165, 1.54) is 10.9 Å². The van der Waals surface area contributed by atoms with Gasteiger partial charge in [0.2, 0.25) is 0 Å². The van der Waals surface area contributed by atoms with Gasteiger partial charge in [0.1, 0.15) is 0 Å². The van der Waals surface area contributed by atoms with Crippen molar-refractivity contribution in [2.24, 2.45) is 0 Å². The Morgan fingerprint density at radius 1 is 1.11 bits per heavy atom. The fraction of sp³-hybridized carbons (Fsp3) is 0.300. The van der Waals surface area contributed by atoms with Crippen LogP contribution in [0.25, 0.3) is 10.9 Å². The lowest BCUT2D eigenvalue weighted by molar-refractivity contribution is -0.0299. The second-order valence-electron chi connectivity index (χ2n) is 6.95. The molecule has 0 atom stereocenters. The molecule has 0 spiro atoms. The zero-order chi connectivity index (χ0) is 18.9. The molecule has 7 heteroatoms. The number of rotatable bonds is 3. The van der Waals surface area contributed by atoms with E-state index in [-0.39, 0.29) is 18.0 Å². The highest BCUT2D eigenvalue weighted by Gasteiger charge is 2.35. The Hall–Kier alpha value is -3.06. The van der Waals surface area contributed by atoms with E-state index in [1.807, 2.05) is 6.07 Å². The highest BCUT2D eigenvalue weighted by molar-refractivity contribution is 5.94. The fourth-order valence-electron chi connectivity index (χ4n) is 3.50. The van der Waals surface area contributed by atoms with Gasteiger partial charge in [-0.25, -0.2) is 4.98 Å². The van der Waals surface area contributed by atoms with E-state index in [0.717, 1.165) is 0 Å². The summed E-state index contributed by atoms with van der Waals surface area (Å²) in [4.78, 5) is 35.1. The molecule has 1 fully saturated rings. The summed E-state index contributed by atoms with van der Waals surface area (Å²) in [5, 5.41) is 11.5. The summed E-state index contributed by atoms with van der Waals surface area (Å²) < 4.78 is 1.46. The van der Waals surface area contributed by atoms with Crippen molar-refractivity contribution >= 4 is 16.8 Å². The first kappa shape index (κ1) is 17.4. The predicted octanol–water partition coefficient (Wildman–Crippen LogP) is 1.46. The molecule has 3 heterocycles. The van der Waals surface area contributed by atoms with E-state index < -0.39 is 5.60 Å². The molecule has 2 aromatic heterocycles. The van der Waals surface area contributed by atoms with Gasteiger partial charge < -0.3 is 10.0 Å². The number of carbonyl (C=O) groups excluding carboxylic acids is 1. The summed E-state index contributed by atoms with van der Waals surface area (Å²) in [5.74, 6) is -0.0658. The molecule has 27 heavy (non-hydrogen) atoms. The summed E-state index contributed by atoms with van der Waals surface area (Å²) in [5.41, 5.74) is 0.0291. The zero-order valence-electron chi connectivity index (χ0n) is 14.8. The van der Waals surface area contributed by atoms with Crippen LogP contribution in [0.1, 0.15) is 23.2 Å². The normalized spacial score (nSPS) is 16.4. The van der Waals surface area contributed by atoms with Crippen LogP contribution >= 0.6 is 0 Å². The van der Waals surface area contributed by atoms with Crippen LogP contribution in [0.2, 0.25) is 0 Å². The molecule has 0 aliphatic carbocycles. The number of piperidine rings is 1. The third-order valence-corrected chi connectivity index (χ3v) is 5.10. The predicted molar refractivity (Wildman–Crippen MR) is 100 cm³/mol. The van der Waals surface area contributed by atoms with Crippen molar-refractivity contribution in [3.05, 3.63) is 71.0 Å². The van der Waals surface area contributed by atoms with Gasteiger partial charge in [0.15, 0.2) is 0 Å². The molecular weight excluding hydrogens is 344 g/mol. The van der Waals surface area contributed by atoms with Crippen molar-refractivity contribution in [3.8, 4) is 0 Å². The monoisotopic (exact) mass is 364 g/mol. The SMILES string of the molecule is O=C(c1ccncc1)N1CCC(O)(Cn2cnc3ccccc3c2=O)CC1. The van der Waals surface area contributed by atoms with Gasteiger partial charge in [0.05, 0.1) is 29.4 Å². The lowest BCUT2D eigenvalue weighted by atomic mass is 9.91. The Labute approximate surface area is 155 Å². The largest absolute Gasteiger partial charge is 0.388 e. The molecule has 0 bridgehead atoms. The maximum atomic E-state index is 12.6. The number of hydrogen-bond acceptors (Lipinski definition) is 5. The number of aromatic nitrogens is 3. The Kier molecular flexibility index (Phi) is 4.45. The van der Waals surface area contributed by atoms with Gasteiger partial charge in [-0.2, -0.15) is 0 Å². The minimum atomic E-state index is -1.04. The molecule has 1 aliphatic heterocycles. The molecule has 1 aliphatic rings. The van der Waals surface area contributed by atoms with Gasteiger partial charge in [-0.05, 0) is 37.1 Å². The number of fused-ring (bicyclic) bond motifs is 1. The second-order valence-corrected chi connectivity index (χ2v) is 6.95. The molecule has 0 saturated carbocycles. The minimum Gasteiger partial charge on any atom is -0.388 e. The van der Waals surface area contributed by atoms with Gasteiger partial charge in [-0.3, -0.25) is 19.1 Å². The number of benzene rings is 1. The van der Waals surface area contributed by atoms with Crippen LogP contribution in [-0.4, -0.2) is 49.1 Å². The molecule has 1 amide bonds. The third-order valence-electron chi connectivity index (χ3n) is 5.10. The topological polar surface area (TPSA) is 88.3 Å². The number of carbonyl (C=O) groups is 1. The van der Waals surface area contributed by atoms with Gasteiger partial charge in [-0.15, -0.1) is 0 Å². The van der Waals surface area contributed by atoms with E-state index >= 15 is 0 Å². The molecule has 3 aromatic rings. The Bertz CT molecular complexity index is 1020. The first-order valence-electron chi connectivity index (χ1n) is 8.92. The van der Waals surface area contributed by atoms with E-state index in [9.17, 15) is 14.7 Å². The zero-order valence-corrected chi connectivity index (χ0v) is 14.8. The smallest absolute Gasteiger partial charge is 0.261 e. The number of aliphatic hydroxyl groups is 1. The highest BCUT2D eigenvalue weighted by Crippen LogP contribution is 2.25. The van der Waals surface area contributed by atoms with Crippen molar-refractivity contribution in [1.82, 2.24) is 19.4 Å². The summed E-state index contributed by atoms with van der Waals surface area (Å²) in [7, 11) is 0. The van der Waals surface area contributed by atoms with Crippen molar-refractivity contribution in [2.45, 2.75) is 25.0 Å². The van der Waals surface area contributed by atoms with Crippen molar-refractivity contribution in [2.75, 3.05) is 13.1 Å². The highest BCUT2D eigenvalue weighted by atomic mass is 16.3. The first-order valence-corrected chi connectivity index (χ1v) is 8.92. The number of nitrogens with zero attached hydrogens (tertiary/aromatic N) is 4. The lowest BCUT2D eigenvalue weighted by Crippen LogP contribution is -2.49. The molecule has 1 saturated heterocycles. The molecule has 0 unspecified atom stereocenters. The summed E-state index contributed by atoms with van der Waals surface area (Å²) in [6.45, 7) is 1.04. The maximum Gasteiger partial charge on any atom is 0.261 e. The molecule has 1 aromatic carbocycles. The van der Waals surface area contributed by atoms with E-state index in [0.29, 0.717) is 42.4 Å². The van der Waals surface area contributed by atoms with Crippen LogP contribution < -0.4 is 5.56 Å². The minimum absolute atomic E-state index is 0.0658. The maximum absolute atomic E-state index is 12.6. The quantitative estimate of drug-likeness (QED) is 0.760. The van der Waals surface area contributed by atoms with Gasteiger partial charge in [0.25, 0.3) is 11.5 Å². The van der Waals surface area contributed by atoms with Gasteiger partial charge in [0, 0.05) is 31.0 Å². The van der Waals surface area contributed by atoms with E-state index in [2.05, 4.69) is 9.97 Å². The van der Waals surface area contributed by atoms with Crippen LogP contribution in [0, 0.1) is 0 Å². The number of likely N-dealkylation sites (tertiary alicyclic amines) is 1. The van der Waals surface area contributed by atoms with Crippen LogP contribution in [0.5, 0.6) is 0 Å². The van der Waals surface area contributed by atoms with Crippen LogP contribution in [0.15, 0.2) is 59.9 Å². The number of para-hydroxylation sites is 1. The Balaban J connectivity index is 1.48. The van der Waals surface area contributed by atoms with E-state index in [1.54, 1.807) is 47.6 Å². The lowest BCUT2D eigenvalue weighted by Gasteiger charge is -2.38. The molecule has 0 radical (unpaired) electrons. The van der Waals surface area contributed by atoms with Crippen molar-refractivity contribution in [3.63, 3.8) is 0 Å². The van der Waals surface area contributed by atoms with Crippen LogP contribution in [0.4, 0.5) is 0 Å². The average molecular weight is 364 g/mol. The number of hydrogen-bond donors (Lipinski definition) is 1. The van der Waals surface area contributed by atoms with E-state index in [4.69, 9.17) is 0 Å². The molecule has 138 valence electrons. The summed E-state index contributed by atoms with van der Waals surface area (Å²) in [6, 6.07) is 10.5. The number of pyridine rings is 1. The molecule has 4 rings (SSSR count). The van der Waals surface area contributed by atoms with Crippen molar-refractivity contribution < 1.29 is 9.90 Å². The Morgan fingerprint density at radius 3 is 2.56 bits per heavy atom. The third kappa shape index (κ3) is 3.46. The second kappa shape index (κ2) is 6.92. The molecule has 7 nitrogen and oxygen atoms in total. The van der Waals surface area contributed by atoms with Crippen LogP contribution in [0.3, 0.4) is 0 Å². The summed E-state index contributed by atoms with van der Waals surface area (Å²) >= 11 is 0. The summed E-state index contributed by atoms with van der Waals surface area (Å²) in [6.07, 6.45) is 5.47.